The number of aromatic nitrogens is 1. The first-order valence-electron chi connectivity index (χ1n) is 9.43. The van der Waals surface area contributed by atoms with E-state index >= 15 is 0 Å². The average Bonchev–Trinajstić information content (AvgIpc) is 3.44. The molecule has 1 aliphatic heterocycles. The lowest BCUT2D eigenvalue weighted by molar-refractivity contribution is 0.196. The van der Waals surface area contributed by atoms with Crippen molar-refractivity contribution in [3.8, 4) is 0 Å². The van der Waals surface area contributed by atoms with Crippen molar-refractivity contribution in [3.05, 3.63) is 30.1 Å². The van der Waals surface area contributed by atoms with Crippen molar-refractivity contribution in [1.29, 1.82) is 0 Å². The lowest BCUT2D eigenvalue weighted by atomic mass is 10.0. The van der Waals surface area contributed by atoms with E-state index in [0.717, 1.165) is 56.6 Å². The van der Waals surface area contributed by atoms with Gasteiger partial charge in [-0.25, -0.2) is 0 Å². The smallest absolute Gasteiger partial charge is 0.191 e. The zero-order valence-corrected chi connectivity index (χ0v) is 17.6. The predicted molar refractivity (Wildman–Crippen MR) is 114 cm³/mol. The van der Waals surface area contributed by atoms with E-state index in [0.29, 0.717) is 6.04 Å². The molecule has 2 fully saturated rings. The fourth-order valence-corrected chi connectivity index (χ4v) is 3.35. The maximum atomic E-state index is 4.43. The van der Waals surface area contributed by atoms with Crippen molar-refractivity contribution >= 4 is 29.9 Å². The maximum absolute atomic E-state index is 4.43. The highest BCUT2D eigenvalue weighted by Crippen LogP contribution is 2.33. The minimum atomic E-state index is 0. The second-order valence-corrected chi connectivity index (χ2v) is 7.10. The van der Waals surface area contributed by atoms with Crippen molar-refractivity contribution in [3.63, 3.8) is 0 Å². The van der Waals surface area contributed by atoms with Gasteiger partial charge in [0.05, 0.1) is 5.69 Å². The van der Waals surface area contributed by atoms with Gasteiger partial charge in [-0.15, -0.1) is 24.0 Å². The molecule has 3 rings (SSSR count). The summed E-state index contributed by atoms with van der Waals surface area (Å²) in [5.74, 6) is 1.99. The fraction of sp³-hybridized carbons (Fsp3) is 0.684. The highest BCUT2D eigenvalue weighted by Gasteiger charge is 2.21. The van der Waals surface area contributed by atoms with Gasteiger partial charge in [0.15, 0.2) is 5.96 Å². The standard InChI is InChI=1S/C19H31N5.HI/c1-20-19(22-12-4-5-16-7-8-16)23-17-9-13-24(14-10-17)15-18-6-2-3-11-21-18;/h2-3,6,11,16-17H,4-5,7-10,12-15H2,1H3,(H2,20,22,23);1H. The molecular weight excluding hydrogens is 425 g/mol. The number of piperidine rings is 1. The Kier molecular flexibility index (Phi) is 8.95. The Morgan fingerprint density at radius 1 is 1.24 bits per heavy atom. The molecule has 0 radical (unpaired) electrons. The summed E-state index contributed by atoms with van der Waals surface area (Å²) < 4.78 is 0. The Balaban J connectivity index is 0.00000225. The second-order valence-electron chi connectivity index (χ2n) is 7.10. The first-order valence-corrected chi connectivity index (χ1v) is 9.43. The van der Waals surface area contributed by atoms with Gasteiger partial charge in [-0.3, -0.25) is 14.9 Å². The van der Waals surface area contributed by atoms with Crippen molar-refractivity contribution in [2.75, 3.05) is 26.7 Å². The molecule has 0 unspecified atom stereocenters. The molecule has 5 nitrogen and oxygen atoms in total. The molecule has 1 saturated carbocycles. The zero-order valence-electron chi connectivity index (χ0n) is 15.3. The number of pyridine rings is 1. The number of hydrogen-bond donors (Lipinski definition) is 2. The molecule has 0 aromatic carbocycles. The predicted octanol–water partition coefficient (Wildman–Crippen LogP) is 3.02. The SMILES string of the molecule is CN=C(NCCCC1CC1)NC1CCN(Cc2ccccn2)CC1.I. The van der Waals surface area contributed by atoms with Gasteiger partial charge in [0.25, 0.3) is 0 Å². The molecule has 6 heteroatoms. The van der Waals surface area contributed by atoms with Crippen LogP contribution in [0, 0.1) is 5.92 Å². The van der Waals surface area contributed by atoms with E-state index in [4.69, 9.17) is 0 Å². The van der Waals surface area contributed by atoms with Gasteiger partial charge in [-0.2, -0.15) is 0 Å². The Morgan fingerprint density at radius 3 is 2.68 bits per heavy atom. The molecule has 2 N–H and O–H groups in total. The third kappa shape index (κ3) is 7.48. The lowest BCUT2D eigenvalue weighted by Gasteiger charge is -2.32. The van der Waals surface area contributed by atoms with Gasteiger partial charge in [-0.1, -0.05) is 18.9 Å². The largest absolute Gasteiger partial charge is 0.356 e. The minimum Gasteiger partial charge on any atom is -0.356 e. The van der Waals surface area contributed by atoms with Crippen molar-refractivity contribution in [2.24, 2.45) is 10.9 Å². The highest BCUT2D eigenvalue weighted by atomic mass is 127. The van der Waals surface area contributed by atoms with Gasteiger partial charge in [0.2, 0.25) is 0 Å². The van der Waals surface area contributed by atoms with E-state index in [1.807, 2.05) is 19.3 Å². The monoisotopic (exact) mass is 457 g/mol. The molecular formula is C19H32IN5. The normalized spacial score (nSPS) is 19.3. The van der Waals surface area contributed by atoms with Crippen LogP contribution >= 0.6 is 24.0 Å². The quantitative estimate of drug-likeness (QED) is 0.286. The second kappa shape index (κ2) is 11.0. The van der Waals surface area contributed by atoms with Crippen LogP contribution in [0.15, 0.2) is 29.4 Å². The van der Waals surface area contributed by atoms with E-state index in [2.05, 4.69) is 37.6 Å². The lowest BCUT2D eigenvalue weighted by Crippen LogP contribution is -2.48. The molecule has 140 valence electrons. The van der Waals surface area contributed by atoms with Crippen LogP contribution < -0.4 is 10.6 Å². The van der Waals surface area contributed by atoms with Crippen LogP contribution in [0.4, 0.5) is 0 Å². The Labute approximate surface area is 169 Å². The van der Waals surface area contributed by atoms with Crippen molar-refractivity contribution in [2.45, 2.75) is 51.1 Å². The molecule has 0 spiro atoms. The van der Waals surface area contributed by atoms with Crippen molar-refractivity contribution < 1.29 is 0 Å². The highest BCUT2D eigenvalue weighted by molar-refractivity contribution is 14.0. The Bertz CT molecular complexity index is 510. The van der Waals surface area contributed by atoms with Gasteiger partial charge >= 0.3 is 0 Å². The van der Waals surface area contributed by atoms with E-state index < -0.39 is 0 Å². The minimum absolute atomic E-state index is 0. The number of nitrogens with one attached hydrogen (secondary N) is 2. The number of hydrogen-bond acceptors (Lipinski definition) is 3. The first-order chi connectivity index (χ1) is 11.8. The number of aliphatic imine (C=N–C) groups is 1. The molecule has 0 bridgehead atoms. The van der Waals surface area contributed by atoms with Gasteiger partial charge < -0.3 is 10.6 Å². The summed E-state index contributed by atoms with van der Waals surface area (Å²) in [6.45, 7) is 4.23. The first kappa shape index (κ1) is 20.4. The molecule has 2 heterocycles. The fourth-order valence-electron chi connectivity index (χ4n) is 3.35. The summed E-state index contributed by atoms with van der Waals surface area (Å²) in [6, 6.07) is 6.68. The summed E-state index contributed by atoms with van der Waals surface area (Å²) in [4.78, 5) is 11.3. The summed E-state index contributed by atoms with van der Waals surface area (Å²) in [5.41, 5.74) is 1.16. The molecule has 25 heavy (non-hydrogen) atoms. The van der Waals surface area contributed by atoms with E-state index in [9.17, 15) is 0 Å². The molecule has 1 aromatic rings. The van der Waals surface area contributed by atoms with Crippen LogP contribution in [-0.2, 0) is 6.54 Å². The van der Waals surface area contributed by atoms with Crippen molar-refractivity contribution in [1.82, 2.24) is 20.5 Å². The Hall–Kier alpha value is -0.890. The molecule has 1 saturated heterocycles. The average molecular weight is 457 g/mol. The molecule has 1 aliphatic carbocycles. The van der Waals surface area contributed by atoms with Crippen LogP contribution in [0.25, 0.3) is 0 Å². The summed E-state index contributed by atoms with van der Waals surface area (Å²) >= 11 is 0. The third-order valence-corrected chi connectivity index (χ3v) is 5.04. The van der Waals surface area contributed by atoms with Gasteiger partial charge in [0, 0.05) is 45.5 Å². The number of rotatable bonds is 7. The third-order valence-electron chi connectivity index (χ3n) is 5.04. The van der Waals surface area contributed by atoms with E-state index in [1.165, 1.54) is 25.7 Å². The number of likely N-dealkylation sites (tertiary alicyclic amines) is 1. The van der Waals surface area contributed by atoms with E-state index in [1.54, 1.807) is 0 Å². The summed E-state index contributed by atoms with van der Waals surface area (Å²) in [7, 11) is 1.87. The van der Waals surface area contributed by atoms with Crippen LogP contribution in [0.5, 0.6) is 0 Å². The number of guanidine groups is 1. The van der Waals surface area contributed by atoms with Crippen LogP contribution in [-0.4, -0.2) is 48.6 Å². The zero-order chi connectivity index (χ0) is 16.6. The Morgan fingerprint density at radius 2 is 2.04 bits per heavy atom. The van der Waals surface area contributed by atoms with Gasteiger partial charge in [-0.05, 0) is 43.7 Å². The summed E-state index contributed by atoms with van der Waals surface area (Å²) in [6.07, 6.45) is 9.73. The topological polar surface area (TPSA) is 52.6 Å². The van der Waals surface area contributed by atoms with Crippen LogP contribution in [0.2, 0.25) is 0 Å². The van der Waals surface area contributed by atoms with E-state index in [-0.39, 0.29) is 24.0 Å². The number of nitrogens with zero attached hydrogens (tertiary/aromatic N) is 3. The van der Waals surface area contributed by atoms with Crippen LogP contribution in [0.1, 0.15) is 44.2 Å². The molecule has 0 amide bonds. The summed E-state index contributed by atoms with van der Waals surface area (Å²) in [5, 5.41) is 7.06. The molecule has 2 aliphatic rings. The molecule has 1 aromatic heterocycles. The maximum Gasteiger partial charge on any atom is 0.191 e. The number of halogens is 1. The van der Waals surface area contributed by atoms with Crippen LogP contribution in [0.3, 0.4) is 0 Å². The van der Waals surface area contributed by atoms with Gasteiger partial charge in [0.1, 0.15) is 0 Å². The molecule has 0 atom stereocenters.